The van der Waals surface area contributed by atoms with Gasteiger partial charge in [-0.25, -0.2) is 0 Å². The molecule has 0 spiro atoms. The number of hydrogen-bond donors (Lipinski definition) is 1. The number of nitrogens with zero attached hydrogens (tertiary/aromatic N) is 2. The number of aromatic nitrogens is 1. The molecule has 2 N–H and O–H groups in total. The van der Waals surface area contributed by atoms with Crippen molar-refractivity contribution < 1.29 is 4.74 Å². The van der Waals surface area contributed by atoms with Crippen molar-refractivity contribution in [1.82, 2.24) is 4.37 Å². The molecule has 0 bridgehead atoms. The average molecular weight is 277 g/mol. The van der Waals surface area contributed by atoms with Crippen molar-refractivity contribution in [2.45, 2.75) is 6.92 Å². The maximum atomic E-state index is 6.01. The number of nitrogens with two attached hydrogens (primary N) is 1. The molecular formula is C14H19N3OS. The van der Waals surface area contributed by atoms with Crippen LogP contribution in [0.2, 0.25) is 0 Å². The molecule has 5 heteroatoms. The summed E-state index contributed by atoms with van der Waals surface area (Å²) in [7, 11) is 2.04. The zero-order valence-corrected chi connectivity index (χ0v) is 12.1. The first-order valence-corrected chi connectivity index (χ1v) is 7.10. The van der Waals surface area contributed by atoms with E-state index in [1.54, 1.807) is 0 Å². The maximum absolute atomic E-state index is 6.01. The largest absolute Gasteiger partial charge is 0.382 e. The first-order valence-electron chi connectivity index (χ1n) is 6.33. The van der Waals surface area contributed by atoms with Gasteiger partial charge < -0.3 is 15.4 Å². The number of hydrogen-bond acceptors (Lipinski definition) is 5. The van der Waals surface area contributed by atoms with E-state index in [-0.39, 0.29) is 0 Å². The number of nitrogen functional groups attached to an aromatic ring is 1. The first kappa shape index (κ1) is 13.8. The van der Waals surface area contributed by atoms with E-state index in [0.717, 1.165) is 29.3 Å². The smallest absolute Gasteiger partial charge is 0.147 e. The van der Waals surface area contributed by atoms with Gasteiger partial charge in [-0.15, -0.1) is 0 Å². The highest BCUT2D eigenvalue weighted by Gasteiger charge is 2.16. The van der Waals surface area contributed by atoms with Crippen LogP contribution in [-0.4, -0.2) is 31.2 Å². The van der Waals surface area contributed by atoms with E-state index in [0.29, 0.717) is 12.4 Å². The number of rotatable bonds is 6. The third-order valence-corrected chi connectivity index (χ3v) is 3.86. The fraction of sp³-hybridized carbons (Fsp3) is 0.357. The SMILES string of the molecule is CCOCCN(C)c1snc(N)c1-c1ccccc1. The normalized spacial score (nSPS) is 10.6. The maximum Gasteiger partial charge on any atom is 0.147 e. The minimum absolute atomic E-state index is 0.592. The molecule has 0 aliphatic carbocycles. The molecule has 1 aromatic carbocycles. The van der Waals surface area contributed by atoms with Crippen LogP contribution >= 0.6 is 11.5 Å². The van der Waals surface area contributed by atoms with Crippen molar-refractivity contribution in [3.63, 3.8) is 0 Å². The third-order valence-electron chi connectivity index (χ3n) is 2.88. The van der Waals surface area contributed by atoms with Crippen molar-refractivity contribution in [1.29, 1.82) is 0 Å². The van der Waals surface area contributed by atoms with Crippen LogP contribution in [0.5, 0.6) is 0 Å². The van der Waals surface area contributed by atoms with Gasteiger partial charge in [-0.05, 0) is 24.0 Å². The van der Waals surface area contributed by atoms with Crippen LogP contribution in [0.1, 0.15) is 6.92 Å². The zero-order chi connectivity index (χ0) is 13.7. The summed E-state index contributed by atoms with van der Waals surface area (Å²) in [4.78, 5) is 2.14. The molecular weight excluding hydrogens is 258 g/mol. The number of likely N-dealkylation sites (N-methyl/N-ethyl adjacent to an activating group) is 1. The Balaban J connectivity index is 2.23. The van der Waals surface area contributed by atoms with Gasteiger partial charge in [0.2, 0.25) is 0 Å². The topological polar surface area (TPSA) is 51.4 Å². The second-order valence-electron chi connectivity index (χ2n) is 4.23. The molecule has 4 nitrogen and oxygen atoms in total. The van der Waals surface area contributed by atoms with E-state index in [9.17, 15) is 0 Å². The number of benzene rings is 1. The van der Waals surface area contributed by atoms with E-state index in [4.69, 9.17) is 10.5 Å². The molecule has 0 unspecified atom stereocenters. The van der Waals surface area contributed by atoms with Gasteiger partial charge in [0.25, 0.3) is 0 Å². The summed E-state index contributed by atoms with van der Waals surface area (Å²) in [6, 6.07) is 10.1. The van der Waals surface area contributed by atoms with E-state index in [1.807, 2.05) is 32.2 Å². The van der Waals surface area contributed by atoms with Gasteiger partial charge in [-0.3, -0.25) is 0 Å². The summed E-state index contributed by atoms with van der Waals surface area (Å²) in [6.07, 6.45) is 0. The monoisotopic (exact) mass is 277 g/mol. The first-order chi connectivity index (χ1) is 9.24. The van der Waals surface area contributed by atoms with E-state index in [1.165, 1.54) is 11.5 Å². The van der Waals surface area contributed by atoms with Crippen molar-refractivity contribution >= 4 is 22.4 Å². The van der Waals surface area contributed by atoms with Crippen LogP contribution in [0.3, 0.4) is 0 Å². The van der Waals surface area contributed by atoms with Gasteiger partial charge in [0.15, 0.2) is 0 Å². The van der Waals surface area contributed by atoms with Crippen molar-refractivity contribution in [3.8, 4) is 11.1 Å². The molecule has 0 saturated heterocycles. The lowest BCUT2D eigenvalue weighted by Gasteiger charge is -2.18. The second kappa shape index (κ2) is 6.54. The highest BCUT2D eigenvalue weighted by Crippen LogP contribution is 2.38. The van der Waals surface area contributed by atoms with E-state index in [2.05, 4.69) is 21.4 Å². The molecule has 0 amide bonds. The standard InChI is InChI=1S/C14H19N3OS/c1-3-18-10-9-17(2)14-12(13(15)16-19-14)11-7-5-4-6-8-11/h4-8H,3,9-10H2,1-2H3,(H2,15,16). The van der Waals surface area contributed by atoms with E-state index >= 15 is 0 Å². The Morgan fingerprint density at radius 3 is 2.74 bits per heavy atom. The summed E-state index contributed by atoms with van der Waals surface area (Å²) < 4.78 is 9.67. The zero-order valence-electron chi connectivity index (χ0n) is 11.3. The van der Waals surface area contributed by atoms with Crippen molar-refractivity contribution in [2.75, 3.05) is 37.4 Å². The molecule has 0 saturated carbocycles. The van der Waals surface area contributed by atoms with Crippen LogP contribution in [-0.2, 0) is 4.74 Å². The van der Waals surface area contributed by atoms with Crippen LogP contribution in [0.25, 0.3) is 11.1 Å². The molecule has 0 fully saturated rings. The molecule has 0 radical (unpaired) electrons. The molecule has 2 aromatic rings. The predicted octanol–water partition coefficient (Wildman–Crippen LogP) is 2.87. The Kier molecular flexibility index (Phi) is 4.76. The van der Waals surface area contributed by atoms with Gasteiger partial charge in [-0.1, -0.05) is 30.3 Å². The molecule has 102 valence electrons. The van der Waals surface area contributed by atoms with Gasteiger partial charge in [0.05, 0.1) is 12.2 Å². The molecule has 19 heavy (non-hydrogen) atoms. The molecule has 1 aromatic heterocycles. The lowest BCUT2D eigenvalue weighted by Crippen LogP contribution is -2.22. The minimum Gasteiger partial charge on any atom is -0.382 e. The van der Waals surface area contributed by atoms with Crippen molar-refractivity contribution in [2.24, 2.45) is 0 Å². The highest BCUT2D eigenvalue weighted by atomic mass is 32.1. The Morgan fingerprint density at radius 2 is 2.05 bits per heavy atom. The van der Waals surface area contributed by atoms with Crippen LogP contribution in [0.15, 0.2) is 30.3 Å². The van der Waals surface area contributed by atoms with Gasteiger partial charge in [0.1, 0.15) is 10.8 Å². The van der Waals surface area contributed by atoms with Crippen LogP contribution in [0, 0.1) is 0 Å². The summed E-state index contributed by atoms with van der Waals surface area (Å²) >= 11 is 1.43. The second-order valence-corrected chi connectivity index (χ2v) is 4.98. The Labute approximate surface area is 118 Å². The number of anilines is 2. The Hall–Kier alpha value is -1.59. The molecule has 0 aliphatic rings. The highest BCUT2D eigenvalue weighted by molar-refractivity contribution is 7.11. The summed E-state index contributed by atoms with van der Waals surface area (Å²) in [5, 5.41) is 1.09. The Bertz CT molecular complexity index is 513. The van der Waals surface area contributed by atoms with Gasteiger partial charge in [0, 0.05) is 20.2 Å². The molecule has 2 rings (SSSR count). The molecule has 1 heterocycles. The Morgan fingerprint density at radius 1 is 1.32 bits per heavy atom. The quantitative estimate of drug-likeness (QED) is 0.825. The van der Waals surface area contributed by atoms with Gasteiger partial charge >= 0.3 is 0 Å². The number of ether oxygens (including phenoxy) is 1. The molecule has 0 atom stereocenters. The van der Waals surface area contributed by atoms with Crippen LogP contribution < -0.4 is 10.6 Å². The lowest BCUT2D eigenvalue weighted by molar-refractivity contribution is 0.154. The summed E-state index contributed by atoms with van der Waals surface area (Å²) in [6.45, 7) is 4.28. The molecule has 0 aliphatic heterocycles. The summed E-state index contributed by atoms with van der Waals surface area (Å²) in [5.41, 5.74) is 8.13. The fourth-order valence-corrected chi connectivity index (χ4v) is 2.70. The fourth-order valence-electron chi connectivity index (χ4n) is 1.88. The van der Waals surface area contributed by atoms with Crippen LogP contribution in [0.4, 0.5) is 10.8 Å². The predicted molar refractivity (Wildman–Crippen MR) is 81.7 cm³/mol. The third kappa shape index (κ3) is 3.24. The lowest BCUT2D eigenvalue weighted by atomic mass is 10.1. The van der Waals surface area contributed by atoms with Gasteiger partial charge in [-0.2, -0.15) is 4.37 Å². The average Bonchev–Trinajstić information content (AvgIpc) is 2.82. The minimum atomic E-state index is 0.592. The van der Waals surface area contributed by atoms with Crippen molar-refractivity contribution in [3.05, 3.63) is 30.3 Å². The van der Waals surface area contributed by atoms with E-state index < -0.39 is 0 Å². The summed E-state index contributed by atoms with van der Waals surface area (Å²) in [5.74, 6) is 0.592.